The second-order valence-corrected chi connectivity index (χ2v) is 4.05. The Morgan fingerprint density at radius 3 is 2.56 bits per heavy atom. The lowest BCUT2D eigenvalue weighted by atomic mass is 10.00. The van der Waals surface area contributed by atoms with Gasteiger partial charge in [-0.25, -0.2) is 0 Å². The number of hydrogen-bond acceptors (Lipinski definition) is 2. The summed E-state index contributed by atoms with van der Waals surface area (Å²) in [4.78, 5) is 0. The van der Waals surface area contributed by atoms with Crippen LogP contribution in [-0.2, 0) is 0 Å². The summed E-state index contributed by atoms with van der Waals surface area (Å²) in [6.07, 6.45) is 5.52. The van der Waals surface area contributed by atoms with Crippen LogP contribution in [0.1, 0.15) is 5.56 Å². The van der Waals surface area contributed by atoms with Gasteiger partial charge in [0.2, 0.25) is 0 Å². The van der Waals surface area contributed by atoms with Crippen LogP contribution in [0.25, 0.3) is 11.1 Å². The minimum absolute atomic E-state index is 0.591. The van der Waals surface area contributed by atoms with Crippen molar-refractivity contribution >= 4 is 0 Å². The molecule has 2 aromatic carbocycles. The zero-order valence-electron chi connectivity index (χ0n) is 9.85. The highest BCUT2D eigenvalue weighted by molar-refractivity contribution is 5.73. The fourth-order valence-electron chi connectivity index (χ4n) is 2.07. The Bertz CT molecular complexity index is 623. The van der Waals surface area contributed by atoms with Crippen LogP contribution in [0.2, 0.25) is 0 Å². The van der Waals surface area contributed by atoms with E-state index in [1.165, 1.54) is 0 Å². The van der Waals surface area contributed by atoms with E-state index >= 15 is 0 Å². The van der Waals surface area contributed by atoms with Crippen molar-refractivity contribution in [2.24, 2.45) is 0 Å². The van der Waals surface area contributed by atoms with E-state index in [0.29, 0.717) is 13.2 Å². The van der Waals surface area contributed by atoms with E-state index in [4.69, 9.17) is 15.9 Å². The smallest absolute Gasteiger partial charge is 0.161 e. The zero-order valence-corrected chi connectivity index (χ0v) is 9.85. The van der Waals surface area contributed by atoms with Gasteiger partial charge in [0, 0.05) is 5.56 Å². The normalized spacial score (nSPS) is 12.8. The van der Waals surface area contributed by atoms with Crippen LogP contribution in [0, 0.1) is 12.3 Å². The van der Waals surface area contributed by atoms with Gasteiger partial charge in [-0.3, -0.25) is 0 Å². The molecule has 0 spiro atoms. The second-order valence-electron chi connectivity index (χ2n) is 4.05. The minimum Gasteiger partial charge on any atom is -0.486 e. The van der Waals surface area contributed by atoms with Gasteiger partial charge in [0.1, 0.15) is 13.2 Å². The summed E-state index contributed by atoms with van der Waals surface area (Å²) in [5, 5.41) is 0. The van der Waals surface area contributed by atoms with Crippen LogP contribution >= 0.6 is 0 Å². The molecule has 2 nitrogen and oxygen atoms in total. The largest absolute Gasteiger partial charge is 0.486 e. The fraction of sp³-hybridized carbons (Fsp3) is 0.125. The van der Waals surface area contributed by atoms with Crippen molar-refractivity contribution in [3.8, 4) is 35.0 Å². The molecule has 0 bridgehead atoms. The molecule has 1 aliphatic heterocycles. The molecule has 0 aliphatic carbocycles. The molecule has 0 radical (unpaired) electrons. The second kappa shape index (κ2) is 4.46. The first-order chi connectivity index (χ1) is 8.88. The molecule has 2 aromatic rings. The molecule has 0 atom stereocenters. The summed E-state index contributed by atoms with van der Waals surface area (Å²) in [6, 6.07) is 13.8. The highest BCUT2D eigenvalue weighted by Gasteiger charge is 2.13. The summed E-state index contributed by atoms with van der Waals surface area (Å²) in [5.74, 6) is 4.28. The van der Waals surface area contributed by atoms with E-state index < -0.39 is 0 Å². The Labute approximate surface area is 106 Å². The van der Waals surface area contributed by atoms with Gasteiger partial charge in [0.25, 0.3) is 0 Å². The lowest BCUT2D eigenvalue weighted by Gasteiger charge is -2.19. The standard InChI is InChI=1S/C16H12O2/c1-2-12-5-3-4-6-14(12)13-7-8-15-16(11-13)18-10-9-17-15/h1,3-8,11H,9-10H2. The molecule has 0 amide bonds. The number of fused-ring (bicyclic) bond motifs is 1. The molecule has 0 unspecified atom stereocenters. The van der Waals surface area contributed by atoms with Crippen molar-refractivity contribution in [3.63, 3.8) is 0 Å². The van der Waals surface area contributed by atoms with Crippen LogP contribution in [0.5, 0.6) is 11.5 Å². The molecular weight excluding hydrogens is 224 g/mol. The molecule has 0 saturated heterocycles. The van der Waals surface area contributed by atoms with Crippen LogP contribution in [0.3, 0.4) is 0 Å². The number of hydrogen-bond donors (Lipinski definition) is 0. The van der Waals surface area contributed by atoms with Gasteiger partial charge < -0.3 is 9.47 Å². The molecular formula is C16H12O2. The van der Waals surface area contributed by atoms with Crippen molar-refractivity contribution in [1.82, 2.24) is 0 Å². The van der Waals surface area contributed by atoms with Crippen LogP contribution in [-0.4, -0.2) is 13.2 Å². The summed E-state index contributed by atoms with van der Waals surface area (Å²) in [5.41, 5.74) is 2.97. The van der Waals surface area contributed by atoms with Crippen molar-refractivity contribution in [1.29, 1.82) is 0 Å². The summed E-state index contributed by atoms with van der Waals surface area (Å²) in [6.45, 7) is 1.19. The van der Waals surface area contributed by atoms with Gasteiger partial charge in [-0.05, 0) is 29.3 Å². The van der Waals surface area contributed by atoms with Crippen molar-refractivity contribution in [2.45, 2.75) is 0 Å². The molecule has 18 heavy (non-hydrogen) atoms. The van der Waals surface area contributed by atoms with Crippen molar-refractivity contribution in [2.75, 3.05) is 13.2 Å². The SMILES string of the molecule is C#Cc1ccccc1-c1ccc2c(c1)OCCO2. The molecule has 1 heterocycles. The number of terminal acetylenes is 1. The van der Waals surface area contributed by atoms with Gasteiger partial charge in [0.15, 0.2) is 11.5 Å². The molecule has 0 saturated carbocycles. The highest BCUT2D eigenvalue weighted by Crippen LogP contribution is 2.35. The predicted molar refractivity (Wildman–Crippen MR) is 70.8 cm³/mol. The zero-order chi connectivity index (χ0) is 12.4. The van der Waals surface area contributed by atoms with Crippen LogP contribution in [0.15, 0.2) is 42.5 Å². The van der Waals surface area contributed by atoms with E-state index in [2.05, 4.69) is 5.92 Å². The Kier molecular flexibility index (Phi) is 2.66. The first-order valence-corrected chi connectivity index (χ1v) is 5.84. The molecule has 2 heteroatoms. The minimum atomic E-state index is 0.591. The van der Waals surface area contributed by atoms with E-state index in [0.717, 1.165) is 28.2 Å². The topological polar surface area (TPSA) is 18.5 Å². The quantitative estimate of drug-likeness (QED) is 0.708. The molecule has 0 N–H and O–H groups in total. The maximum Gasteiger partial charge on any atom is 0.161 e. The molecule has 0 fully saturated rings. The average Bonchev–Trinajstić information content (AvgIpc) is 2.46. The summed E-state index contributed by atoms with van der Waals surface area (Å²) in [7, 11) is 0. The van der Waals surface area contributed by atoms with Gasteiger partial charge in [0.05, 0.1) is 0 Å². The van der Waals surface area contributed by atoms with Gasteiger partial charge in [-0.2, -0.15) is 0 Å². The maximum absolute atomic E-state index is 5.58. The van der Waals surface area contributed by atoms with E-state index in [1.807, 2.05) is 42.5 Å². The van der Waals surface area contributed by atoms with Crippen molar-refractivity contribution in [3.05, 3.63) is 48.0 Å². The third kappa shape index (κ3) is 1.80. The third-order valence-corrected chi connectivity index (χ3v) is 2.94. The Morgan fingerprint density at radius 1 is 0.944 bits per heavy atom. The van der Waals surface area contributed by atoms with E-state index in [9.17, 15) is 0 Å². The number of ether oxygens (including phenoxy) is 2. The highest BCUT2D eigenvalue weighted by atomic mass is 16.6. The van der Waals surface area contributed by atoms with Gasteiger partial charge in [-0.15, -0.1) is 6.42 Å². The Hall–Kier alpha value is -2.40. The molecule has 3 rings (SSSR count). The number of rotatable bonds is 1. The van der Waals surface area contributed by atoms with Gasteiger partial charge in [-0.1, -0.05) is 30.2 Å². The maximum atomic E-state index is 5.58. The molecule has 0 aromatic heterocycles. The fourth-order valence-corrected chi connectivity index (χ4v) is 2.07. The average molecular weight is 236 g/mol. The van der Waals surface area contributed by atoms with Gasteiger partial charge >= 0.3 is 0 Å². The van der Waals surface area contributed by atoms with E-state index in [-0.39, 0.29) is 0 Å². The lowest BCUT2D eigenvalue weighted by molar-refractivity contribution is 0.171. The Morgan fingerprint density at radius 2 is 1.72 bits per heavy atom. The first-order valence-electron chi connectivity index (χ1n) is 5.84. The third-order valence-electron chi connectivity index (χ3n) is 2.94. The molecule has 1 aliphatic rings. The van der Waals surface area contributed by atoms with Crippen molar-refractivity contribution < 1.29 is 9.47 Å². The van der Waals surface area contributed by atoms with Crippen LogP contribution in [0.4, 0.5) is 0 Å². The first kappa shape index (κ1) is 10.7. The predicted octanol–water partition coefficient (Wildman–Crippen LogP) is 3.11. The monoisotopic (exact) mass is 236 g/mol. The molecule has 88 valence electrons. The summed E-state index contributed by atoms with van der Waals surface area (Å²) < 4.78 is 11.1. The lowest BCUT2D eigenvalue weighted by Crippen LogP contribution is -2.15. The van der Waals surface area contributed by atoms with E-state index in [1.54, 1.807) is 0 Å². The summed E-state index contributed by atoms with van der Waals surface area (Å²) >= 11 is 0. The number of benzene rings is 2. The Balaban J connectivity index is 2.10. The van der Waals surface area contributed by atoms with Crippen LogP contribution < -0.4 is 9.47 Å².